The highest BCUT2D eigenvalue weighted by molar-refractivity contribution is 5.31. The van der Waals surface area contributed by atoms with E-state index in [1.165, 1.54) is 5.56 Å². The maximum atomic E-state index is 3.87. The van der Waals surface area contributed by atoms with Crippen LogP contribution in [0.3, 0.4) is 0 Å². The lowest BCUT2D eigenvalue weighted by Crippen LogP contribution is -2.21. The van der Waals surface area contributed by atoms with Crippen LogP contribution in [-0.4, -0.2) is 0 Å². The quantitative estimate of drug-likeness (QED) is 0.626. The zero-order valence-electron chi connectivity index (χ0n) is 8.45. The Hall–Kier alpha value is -1.30. The van der Waals surface area contributed by atoms with Gasteiger partial charge in [-0.05, 0) is 24.8 Å². The summed E-state index contributed by atoms with van der Waals surface area (Å²) < 4.78 is 0. The van der Waals surface area contributed by atoms with Crippen LogP contribution in [0.1, 0.15) is 24.8 Å². The first-order chi connectivity index (χ1) is 6.87. The Morgan fingerprint density at radius 3 is 2.36 bits per heavy atom. The lowest BCUT2D eigenvalue weighted by atomic mass is 9.75. The Labute approximate surface area is 86.0 Å². The van der Waals surface area contributed by atoms with Gasteiger partial charge >= 0.3 is 0 Å². The third-order valence-electron chi connectivity index (χ3n) is 3.11. The second-order valence-corrected chi connectivity index (χ2v) is 4.02. The monoisotopic (exact) mass is 184 g/mol. The van der Waals surface area contributed by atoms with Gasteiger partial charge in [-0.1, -0.05) is 48.6 Å². The highest BCUT2D eigenvalue weighted by Gasteiger charge is 2.30. The van der Waals surface area contributed by atoms with Crippen LogP contribution in [-0.2, 0) is 5.41 Å². The van der Waals surface area contributed by atoms with E-state index in [0.717, 1.165) is 19.3 Å². The minimum atomic E-state index is 0.309. The fraction of sp³-hybridized carbons (Fsp3) is 0.286. The summed E-state index contributed by atoms with van der Waals surface area (Å²) in [5, 5.41) is 0. The topological polar surface area (TPSA) is 0 Å². The number of hydrogen-bond donors (Lipinski definition) is 0. The fourth-order valence-corrected chi connectivity index (χ4v) is 2.29. The summed E-state index contributed by atoms with van der Waals surface area (Å²) in [5.74, 6) is 0. The maximum Gasteiger partial charge on any atom is 0.00562 e. The fourth-order valence-electron chi connectivity index (χ4n) is 2.29. The number of hydrogen-bond acceptors (Lipinski definition) is 0. The molecule has 0 unspecified atom stereocenters. The standard InChI is InChI=1S/C14H16/c1-2-10-14(11-6-7-12-14)13-8-4-3-5-9-13/h2-9H,1,10-12H2. The predicted molar refractivity (Wildman–Crippen MR) is 61.3 cm³/mol. The van der Waals surface area contributed by atoms with Gasteiger partial charge in [0, 0.05) is 5.41 Å². The Kier molecular flexibility index (Phi) is 2.53. The van der Waals surface area contributed by atoms with Gasteiger partial charge < -0.3 is 0 Å². The smallest absolute Gasteiger partial charge is 0.00562 e. The molecule has 0 radical (unpaired) electrons. The van der Waals surface area contributed by atoms with E-state index in [4.69, 9.17) is 0 Å². The van der Waals surface area contributed by atoms with Gasteiger partial charge in [0.2, 0.25) is 0 Å². The average Bonchev–Trinajstić information content (AvgIpc) is 2.70. The van der Waals surface area contributed by atoms with Crippen LogP contribution in [0.5, 0.6) is 0 Å². The first-order valence-electron chi connectivity index (χ1n) is 5.19. The van der Waals surface area contributed by atoms with Crippen molar-refractivity contribution in [2.45, 2.75) is 24.7 Å². The lowest BCUT2D eigenvalue weighted by molar-refractivity contribution is 0.465. The first kappa shape index (κ1) is 9.26. The zero-order chi connectivity index (χ0) is 9.86. The molecule has 0 aromatic heterocycles. The molecule has 2 rings (SSSR count). The summed E-state index contributed by atoms with van der Waals surface area (Å²) in [5.41, 5.74) is 1.76. The molecule has 0 heterocycles. The number of benzene rings is 1. The average molecular weight is 184 g/mol. The SMILES string of the molecule is C=CCC1(c2ccccc2)CC=CC1. The summed E-state index contributed by atoms with van der Waals surface area (Å²) in [7, 11) is 0. The van der Waals surface area contributed by atoms with Crippen LogP contribution in [0.15, 0.2) is 55.1 Å². The third-order valence-corrected chi connectivity index (χ3v) is 3.11. The normalized spacial score (nSPS) is 18.3. The van der Waals surface area contributed by atoms with Gasteiger partial charge in [-0.2, -0.15) is 0 Å². The largest absolute Gasteiger partial charge is 0.103 e. The molecule has 0 nitrogen and oxygen atoms in total. The Bertz CT molecular complexity index is 324. The van der Waals surface area contributed by atoms with E-state index in [0.29, 0.717) is 5.41 Å². The van der Waals surface area contributed by atoms with Crippen molar-refractivity contribution in [1.29, 1.82) is 0 Å². The predicted octanol–water partition coefficient (Wildman–Crippen LogP) is 3.85. The van der Waals surface area contributed by atoms with Crippen molar-refractivity contribution < 1.29 is 0 Å². The van der Waals surface area contributed by atoms with E-state index < -0.39 is 0 Å². The van der Waals surface area contributed by atoms with Crippen molar-refractivity contribution in [3.63, 3.8) is 0 Å². The summed E-state index contributed by atoms with van der Waals surface area (Å²) in [6.07, 6.45) is 10.0. The van der Waals surface area contributed by atoms with Gasteiger partial charge in [0.15, 0.2) is 0 Å². The van der Waals surface area contributed by atoms with Crippen molar-refractivity contribution in [3.8, 4) is 0 Å². The van der Waals surface area contributed by atoms with E-state index in [9.17, 15) is 0 Å². The van der Waals surface area contributed by atoms with Gasteiger partial charge in [-0.25, -0.2) is 0 Å². The minimum absolute atomic E-state index is 0.309. The summed E-state index contributed by atoms with van der Waals surface area (Å²) in [6.45, 7) is 3.87. The third kappa shape index (κ3) is 1.52. The molecule has 1 aliphatic rings. The zero-order valence-corrected chi connectivity index (χ0v) is 8.45. The van der Waals surface area contributed by atoms with Gasteiger partial charge in [-0.3, -0.25) is 0 Å². The molecule has 1 aromatic carbocycles. The van der Waals surface area contributed by atoms with Gasteiger partial charge in [-0.15, -0.1) is 6.58 Å². The van der Waals surface area contributed by atoms with Crippen LogP contribution >= 0.6 is 0 Å². The summed E-state index contributed by atoms with van der Waals surface area (Å²) in [4.78, 5) is 0. The molecule has 0 N–H and O–H groups in total. The molecule has 0 saturated heterocycles. The molecule has 1 aliphatic carbocycles. The van der Waals surface area contributed by atoms with E-state index in [2.05, 4.69) is 49.1 Å². The van der Waals surface area contributed by atoms with E-state index in [1.54, 1.807) is 0 Å². The van der Waals surface area contributed by atoms with E-state index in [-0.39, 0.29) is 0 Å². The van der Waals surface area contributed by atoms with Crippen LogP contribution in [0, 0.1) is 0 Å². The van der Waals surface area contributed by atoms with Crippen molar-refractivity contribution in [1.82, 2.24) is 0 Å². The molecule has 0 aliphatic heterocycles. The van der Waals surface area contributed by atoms with E-state index >= 15 is 0 Å². The van der Waals surface area contributed by atoms with Crippen LogP contribution in [0.2, 0.25) is 0 Å². The molecule has 0 saturated carbocycles. The number of allylic oxidation sites excluding steroid dienone is 3. The molecule has 0 heteroatoms. The van der Waals surface area contributed by atoms with Crippen molar-refractivity contribution in [2.75, 3.05) is 0 Å². The van der Waals surface area contributed by atoms with Gasteiger partial charge in [0.1, 0.15) is 0 Å². The lowest BCUT2D eigenvalue weighted by Gasteiger charge is -2.28. The van der Waals surface area contributed by atoms with Crippen molar-refractivity contribution in [3.05, 3.63) is 60.7 Å². The van der Waals surface area contributed by atoms with Crippen LogP contribution in [0.4, 0.5) is 0 Å². The highest BCUT2D eigenvalue weighted by atomic mass is 14.3. The first-order valence-corrected chi connectivity index (χ1v) is 5.19. The summed E-state index contributed by atoms with van der Waals surface area (Å²) >= 11 is 0. The second-order valence-electron chi connectivity index (χ2n) is 4.02. The molecule has 0 spiro atoms. The second kappa shape index (κ2) is 3.83. The molecular formula is C14H16. The molecule has 0 amide bonds. The Balaban J connectivity index is 2.32. The molecule has 72 valence electrons. The molecule has 14 heavy (non-hydrogen) atoms. The molecule has 0 atom stereocenters. The van der Waals surface area contributed by atoms with E-state index in [1.807, 2.05) is 6.08 Å². The number of rotatable bonds is 3. The summed E-state index contributed by atoms with van der Waals surface area (Å²) in [6, 6.07) is 10.8. The van der Waals surface area contributed by atoms with Crippen LogP contribution < -0.4 is 0 Å². The molecular weight excluding hydrogens is 168 g/mol. The Morgan fingerprint density at radius 1 is 1.14 bits per heavy atom. The molecule has 1 aromatic rings. The minimum Gasteiger partial charge on any atom is -0.103 e. The van der Waals surface area contributed by atoms with Gasteiger partial charge in [0.05, 0.1) is 0 Å². The maximum absolute atomic E-state index is 3.87. The van der Waals surface area contributed by atoms with Crippen molar-refractivity contribution >= 4 is 0 Å². The van der Waals surface area contributed by atoms with Crippen LogP contribution in [0.25, 0.3) is 0 Å². The molecule has 0 fully saturated rings. The molecule has 0 bridgehead atoms. The van der Waals surface area contributed by atoms with Crippen molar-refractivity contribution in [2.24, 2.45) is 0 Å². The Morgan fingerprint density at radius 2 is 1.79 bits per heavy atom. The highest BCUT2D eigenvalue weighted by Crippen LogP contribution is 2.40. The van der Waals surface area contributed by atoms with Gasteiger partial charge in [0.25, 0.3) is 0 Å².